The summed E-state index contributed by atoms with van der Waals surface area (Å²) in [5.41, 5.74) is 0.802. The zero-order chi connectivity index (χ0) is 17.0. The lowest BCUT2D eigenvalue weighted by Gasteiger charge is -2.15. The van der Waals surface area contributed by atoms with Crippen molar-refractivity contribution >= 4 is 34.0 Å². The van der Waals surface area contributed by atoms with Crippen LogP contribution in [0, 0.1) is 5.41 Å². The van der Waals surface area contributed by atoms with Gasteiger partial charge in [-0.25, -0.2) is 4.98 Å². The lowest BCUT2D eigenvalue weighted by atomic mass is 9.96. The molecule has 2 N–H and O–H groups in total. The van der Waals surface area contributed by atoms with Gasteiger partial charge in [0.15, 0.2) is 5.13 Å². The zero-order valence-electron chi connectivity index (χ0n) is 13.7. The summed E-state index contributed by atoms with van der Waals surface area (Å²) in [4.78, 5) is 28.2. The molecule has 0 saturated heterocycles. The van der Waals surface area contributed by atoms with Crippen LogP contribution in [0.5, 0.6) is 0 Å². The normalized spacial score (nSPS) is 11.3. The predicted octanol–water partition coefficient (Wildman–Crippen LogP) is 2.53. The van der Waals surface area contributed by atoms with Gasteiger partial charge in [0, 0.05) is 23.5 Å². The average molecular weight is 335 g/mol. The van der Waals surface area contributed by atoms with Crippen LogP contribution in [0.15, 0.2) is 17.8 Å². The van der Waals surface area contributed by atoms with Gasteiger partial charge < -0.3 is 10.6 Å². The number of hydrogen-bond acceptors (Lipinski definition) is 5. The summed E-state index contributed by atoms with van der Waals surface area (Å²) in [6.45, 7) is 8.22. The van der Waals surface area contributed by atoms with Gasteiger partial charge >= 0.3 is 0 Å². The van der Waals surface area contributed by atoms with E-state index in [9.17, 15) is 9.59 Å². The van der Waals surface area contributed by atoms with Gasteiger partial charge in [-0.1, -0.05) is 20.8 Å². The third-order valence-electron chi connectivity index (χ3n) is 3.04. The first-order valence-electron chi connectivity index (χ1n) is 7.36. The van der Waals surface area contributed by atoms with Crippen LogP contribution in [0.2, 0.25) is 0 Å². The summed E-state index contributed by atoms with van der Waals surface area (Å²) in [7, 11) is 0. The molecule has 0 unspecified atom stereocenters. The molecule has 23 heavy (non-hydrogen) atoms. The Morgan fingerprint density at radius 2 is 2.04 bits per heavy atom. The summed E-state index contributed by atoms with van der Waals surface area (Å²) in [6.07, 6.45) is 3.53. The number of hydrogen-bond donors (Lipinski definition) is 2. The van der Waals surface area contributed by atoms with Crippen LogP contribution < -0.4 is 10.6 Å². The first kappa shape index (κ1) is 17.1. The highest BCUT2D eigenvalue weighted by Gasteiger charge is 2.22. The second-order valence-electron chi connectivity index (χ2n) is 6.16. The lowest BCUT2D eigenvalue weighted by Crippen LogP contribution is -2.27. The van der Waals surface area contributed by atoms with Gasteiger partial charge in [0.1, 0.15) is 0 Å². The maximum Gasteiger partial charge on any atom is 0.231 e. The minimum Gasteiger partial charge on any atom is -0.323 e. The standard InChI is InChI=1S/C15H21N5O2S/c1-5-20-8-11(7-16-20)17-12(21)6-10-9-23-14(18-10)19-13(22)15(2,3)4/h7-9H,5-6H2,1-4H3,(H,17,21)(H,18,19,22). The number of amides is 2. The molecule has 0 bridgehead atoms. The Morgan fingerprint density at radius 1 is 1.30 bits per heavy atom. The van der Waals surface area contributed by atoms with E-state index in [4.69, 9.17) is 0 Å². The fourth-order valence-electron chi connectivity index (χ4n) is 1.70. The van der Waals surface area contributed by atoms with Gasteiger partial charge in [0.2, 0.25) is 11.8 Å². The number of nitrogens with one attached hydrogen (secondary N) is 2. The van der Waals surface area contributed by atoms with Crippen LogP contribution in [0.25, 0.3) is 0 Å². The second kappa shape index (κ2) is 6.91. The van der Waals surface area contributed by atoms with Gasteiger partial charge in [-0.05, 0) is 6.92 Å². The van der Waals surface area contributed by atoms with Gasteiger partial charge in [-0.15, -0.1) is 11.3 Å². The molecule has 2 rings (SSSR count). The number of aromatic nitrogens is 3. The Hall–Kier alpha value is -2.22. The molecule has 0 aliphatic carbocycles. The predicted molar refractivity (Wildman–Crippen MR) is 90.4 cm³/mol. The van der Waals surface area contributed by atoms with Crippen molar-refractivity contribution in [3.63, 3.8) is 0 Å². The van der Waals surface area contributed by atoms with Crippen molar-refractivity contribution in [2.45, 2.75) is 40.7 Å². The largest absolute Gasteiger partial charge is 0.323 e. The van der Waals surface area contributed by atoms with E-state index in [1.54, 1.807) is 22.5 Å². The van der Waals surface area contributed by atoms with Crippen LogP contribution in [0.1, 0.15) is 33.4 Å². The molecule has 8 heteroatoms. The SMILES string of the molecule is CCn1cc(NC(=O)Cc2csc(NC(=O)C(C)(C)C)n2)cn1. The molecule has 0 atom stereocenters. The smallest absolute Gasteiger partial charge is 0.231 e. The van der Waals surface area contributed by atoms with E-state index in [1.807, 2.05) is 27.7 Å². The zero-order valence-corrected chi connectivity index (χ0v) is 14.5. The van der Waals surface area contributed by atoms with E-state index in [0.717, 1.165) is 6.54 Å². The Balaban J connectivity index is 1.91. The van der Waals surface area contributed by atoms with E-state index in [0.29, 0.717) is 16.5 Å². The number of rotatable bonds is 5. The number of carbonyl (C=O) groups excluding carboxylic acids is 2. The van der Waals surface area contributed by atoms with Crippen LogP contribution in [0.4, 0.5) is 10.8 Å². The Morgan fingerprint density at radius 3 is 2.65 bits per heavy atom. The molecule has 0 fully saturated rings. The van der Waals surface area contributed by atoms with Gasteiger partial charge in [0.05, 0.1) is 24.0 Å². The molecule has 0 radical (unpaired) electrons. The number of thiazole rings is 1. The molecule has 2 aromatic rings. The number of nitrogens with zero attached hydrogens (tertiary/aromatic N) is 3. The van der Waals surface area contributed by atoms with Crippen LogP contribution in [-0.2, 0) is 22.6 Å². The van der Waals surface area contributed by atoms with Crippen molar-refractivity contribution in [1.82, 2.24) is 14.8 Å². The molecule has 0 saturated carbocycles. The highest BCUT2D eigenvalue weighted by molar-refractivity contribution is 7.13. The van der Waals surface area contributed by atoms with Gasteiger partial charge in [-0.3, -0.25) is 14.3 Å². The number of anilines is 2. The van der Waals surface area contributed by atoms with E-state index in [-0.39, 0.29) is 18.2 Å². The third-order valence-corrected chi connectivity index (χ3v) is 3.84. The molecule has 0 aliphatic rings. The minimum atomic E-state index is -0.483. The van der Waals surface area contributed by atoms with E-state index >= 15 is 0 Å². The van der Waals surface area contributed by atoms with Gasteiger partial charge in [-0.2, -0.15) is 5.10 Å². The summed E-state index contributed by atoms with van der Waals surface area (Å²) >= 11 is 1.31. The van der Waals surface area contributed by atoms with Crippen molar-refractivity contribution in [2.24, 2.45) is 5.41 Å². The lowest BCUT2D eigenvalue weighted by molar-refractivity contribution is -0.123. The fraction of sp³-hybridized carbons (Fsp3) is 0.467. The monoisotopic (exact) mass is 335 g/mol. The maximum absolute atomic E-state index is 12.0. The first-order chi connectivity index (χ1) is 10.8. The number of aryl methyl sites for hydroxylation is 1. The van der Waals surface area contributed by atoms with Crippen LogP contribution in [0.3, 0.4) is 0 Å². The minimum absolute atomic E-state index is 0.102. The van der Waals surface area contributed by atoms with Crippen molar-refractivity contribution in [2.75, 3.05) is 10.6 Å². The average Bonchev–Trinajstić information content (AvgIpc) is 3.07. The molecule has 0 aliphatic heterocycles. The molecule has 0 spiro atoms. The molecule has 0 aromatic carbocycles. The van der Waals surface area contributed by atoms with E-state index < -0.39 is 5.41 Å². The van der Waals surface area contributed by atoms with Crippen LogP contribution >= 0.6 is 11.3 Å². The van der Waals surface area contributed by atoms with Gasteiger partial charge in [0.25, 0.3) is 0 Å². The fourth-order valence-corrected chi connectivity index (χ4v) is 2.41. The van der Waals surface area contributed by atoms with Crippen LogP contribution in [-0.4, -0.2) is 26.6 Å². The van der Waals surface area contributed by atoms with Crippen molar-refractivity contribution < 1.29 is 9.59 Å². The molecule has 2 aromatic heterocycles. The molecule has 2 heterocycles. The second-order valence-corrected chi connectivity index (χ2v) is 7.02. The Labute approximate surface area is 139 Å². The highest BCUT2D eigenvalue weighted by Crippen LogP contribution is 2.21. The topological polar surface area (TPSA) is 88.9 Å². The summed E-state index contributed by atoms with van der Waals surface area (Å²) in [5, 5.41) is 11.9. The Bertz CT molecular complexity index is 699. The van der Waals surface area contributed by atoms with Crippen molar-refractivity contribution in [1.29, 1.82) is 0 Å². The quantitative estimate of drug-likeness (QED) is 0.879. The van der Waals surface area contributed by atoms with E-state index in [1.165, 1.54) is 11.3 Å². The molecule has 7 nitrogen and oxygen atoms in total. The number of carbonyl (C=O) groups is 2. The Kier molecular flexibility index (Phi) is 5.15. The third kappa shape index (κ3) is 4.88. The maximum atomic E-state index is 12.0. The molecule has 124 valence electrons. The summed E-state index contributed by atoms with van der Waals surface area (Å²) in [6, 6.07) is 0. The van der Waals surface area contributed by atoms with E-state index in [2.05, 4.69) is 20.7 Å². The van der Waals surface area contributed by atoms with Crippen molar-refractivity contribution in [3.8, 4) is 0 Å². The molecule has 2 amide bonds. The summed E-state index contributed by atoms with van der Waals surface area (Å²) in [5.74, 6) is -0.269. The van der Waals surface area contributed by atoms with Crippen molar-refractivity contribution in [3.05, 3.63) is 23.5 Å². The summed E-state index contributed by atoms with van der Waals surface area (Å²) < 4.78 is 1.73. The molecular weight excluding hydrogens is 314 g/mol. The first-order valence-corrected chi connectivity index (χ1v) is 8.24. The molecular formula is C15H21N5O2S. The highest BCUT2D eigenvalue weighted by atomic mass is 32.1.